The molecule has 2 N–H and O–H groups in total. The van der Waals surface area contributed by atoms with Crippen molar-refractivity contribution in [2.45, 2.75) is 13.1 Å². The molecule has 0 amide bonds. The molecule has 2 aromatic rings. The van der Waals surface area contributed by atoms with E-state index in [0.717, 1.165) is 25.4 Å². The Kier molecular flexibility index (Phi) is 3.38. The number of benzene rings is 2. The predicted octanol–water partition coefficient (Wildman–Crippen LogP) is 2.54. The maximum absolute atomic E-state index is 5.67. The van der Waals surface area contributed by atoms with Crippen molar-refractivity contribution >= 4 is 5.69 Å². The summed E-state index contributed by atoms with van der Waals surface area (Å²) in [5, 5.41) is 0. The summed E-state index contributed by atoms with van der Waals surface area (Å²) in [6.07, 6.45) is 0. The first-order valence-electron chi connectivity index (χ1n) is 6.61. The van der Waals surface area contributed by atoms with Crippen LogP contribution in [0.3, 0.4) is 0 Å². The van der Waals surface area contributed by atoms with Gasteiger partial charge in [-0.2, -0.15) is 0 Å². The molecule has 0 aromatic heterocycles. The first kappa shape index (κ1) is 12.1. The first-order valence-corrected chi connectivity index (χ1v) is 6.61. The van der Waals surface area contributed by atoms with Gasteiger partial charge in [0.25, 0.3) is 0 Å². The Bertz CT molecular complexity index is 551. The Balaban J connectivity index is 1.80. The molecule has 0 aliphatic carbocycles. The van der Waals surface area contributed by atoms with Crippen molar-refractivity contribution in [3.63, 3.8) is 0 Å². The SMILES string of the molecule is NCc1ccc(CN2CCOc3ccccc32)cc1. The Labute approximate surface area is 113 Å². The molecule has 0 unspecified atom stereocenters. The van der Waals surface area contributed by atoms with Crippen LogP contribution in [-0.4, -0.2) is 13.2 Å². The highest BCUT2D eigenvalue weighted by Crippen LogP contribution is 2.31. The van der Waals surface area contributed by atoms with E-state index in [-0.39, 0.29) is 0 Å². The minimum Gasteiger partial charge on any atom is -0.490 e. The zero-order chi connectivity index (χ0) is 13.1. The van der Waals surface area contributed by atoms with Crippen LogP contribution in [0.5, 0.6) is 5.75 Å². The van der Waals surface area contributed by atoms with E-state index in [9.17, 15) is 0 Å². The lowest BCUT2D eigenvalue weighted by Gasteiger charge is -2.31. The summed E-state index contributed by atoms with van der Waals surface area (Å²) in [7, 11) is 0. The maximum Gasteiger partial charge on any atom is 0.142 e. The molecular formula is C16H18N2O. The van der Waals surface area contributed by atoms with Gasteiger partial charge in [0.2, 0.25) is 0 Å². The lowest BCUT2D eigenvalue weighted by atomic mass is 10.1. The van der Waals surface area contributed by atoms with Gasteiger partial charge in [0.15, 0.2) is 0 Å². The standard InChI is InChI=1S/C16H18N2O/c17-11-13-5-7-14(8-6-13)12-18-9-10-19-16-4-2-1-3-15(16)18/h1-8H,9-12,17H2. The van der Waals surface area contributed by atoms with E-state index >= 15 is 0 Å². The number of nitrogens with zero attached hydrogens (tertiary/aromatic N) is 1. The number of rotatable bonds is 3. The van der Waals surface area contributed by atoms with E-state index in [1.54, 1.807) is 0 Å². The molecule has 0 bridgehead atoms. The Hall–Kier alpha value is -2.00. The second-order valence-electron chi connectivity index (χ2n) is 4.76. The largest absolute Gasteiger partial charge is 0.490 e. The molecule has 3 rings (SSSR count). The Morgan fingerprint density at radius 2 is 1.74 bits per heavy atom. The third-order valence-corrected chi connectivity index (χ3v) is 3.46. The molecule has 0 saturated carbocycles. The monoisotopic (exact) mass is 254 g/mol. The highest BCUT2D eigenvalue weighted by atomic mass is 16.5. The van der Waals surface area contributed by atoms with Crippen LogP contribution < -0.4 is 15.4 Å². The third-order valence-electron chi connectivity index (χ3n) is 3.46. The number of nitrogens with two attached hydrogens (primary N) is 1. The van der Waals surface area contributed by atoms with Crippen molar-refractivity contribution in [3.05, 3.63) is 59.7 Å². The number of fused-ring (bicyclic) bond motifs is 1. The van der Waals surface area contributed by atoms with Crippen LogP contribution in [0, 0.1) is 0 Å². The molecule has 98 valence electrons. The van der Waals surface area contributed by atoms with E-state index in [1.807, 2.05) is 12.1 Å². The highest BCUT2D eigenvalue weighted by Gasteiger charge is 2.17. The number of para-hydroxylation sites is 2. The molecule has 3 heteroatoms. The number of hydrogen-bond donors (Lipinski definition) is 1. The van der Waals surface area contributed by atoms with Gasteiger partial charge in [-0.15, -0.1) is 0 Å². The van der Waals surface area contributed by atoms with Crippen LogP contribution in [0.4, 0.5) is 5.69 Å². The third kappa shape index (κ3) is 2.56. The second-order valence-corrected chi connectivity index (χ2v) is 4.76. The van der Waals surface area contributed by atoms with Crippen LogP contribution in [0.2, 0.25) is 0 Å². The summed E-state index contributed by atoms with van der Waals surface area (Å²) in [5.74, 6) is 0.979. The van der Waals surface area contributed by atoms with E-state index < -0.39 is 0 Å². The van der Waals surface area contributed by atoms with Crippen molar-refractivity contribution in [3.8, 4) is 5.75 Å². The molecule has 0 spiro atoms. The molecule has 1 heterocycles. The molecule has 19 heavy (non-hydrogen) atoms. The van der Waals surface area contributed by atoms with E-state index in [0.29, 0.717) is 6.54 Å². The highest BCUT2D eigenvalue weighted by molar-refractivity contribution is 5.59. The summed E-state index contributed by atoms with van der Waals surface area (Å²) in [6.45, 7) is 3.18. The fourth-order valence-corrected chi connectivity index (χ4v) is 2.39. The fourth-order valence-electron chi connectivity index (χ4n) is 2.39. The minimum atomic E-state index is 0.598. The van der Waals surface area contributed by atoms with Crippen LogP contribution in [-0.2, 0) is 13.1 Å². The van der Waals surface area contributed by atoms with Gasteiger partial charge in [-0.3, -0.25) is 0 Å². The number of ether oxygens (including phenoxy) is 1. The van der Waals surface area contributed by atoms with E-state index in [1.165, 1.54) is 16.8 Å². The molecule has 1 aliphatic heterocycles. The zero-order valence-corrected chi connectivity index (χ0v) is 10.9. The predicted molar refractivity (Wildman–Crippen MR) is 77.3 cm³/mol. The normalized spacial score (nSPS) is 13.8. The summed E-state index contributed by atoms with van der Waals surface area (Å²) in [4.78, 5) is 2.36. The van der Waals surface area contributed by atoms with Gasteiger partial charge < -0.3 is 15.4 Å². The zero-order valence-electron chi connectivity index (χ0n) is 10.9. The summed E-state index contributed by atoms with van der Waals surface area (Å²) < 4.78 is 5.67. The van der Waals surface area contributed by atoms with E-state index in [2.05, 4.69) is 41.3 Å². The van der Waals surface area contributed by atoms with Gasteiger partial charge >= 0.3 is 0 Å². The number of anilines is 1. The van der Waals surface area contributed by atoms with Crippen molar-refractivity contribution < 1.29 is 4.74 Å². The Morgan fingerprint density at radius 1 is 1.00 bits per heavy atom. The number of hydrogen-bond acceptors (Lipinski definition) is 3. The second kappa shape index (κ2) is 5.33. The lowest BCUT2D eigenvalue weighted by Crippen LogP contribution is -2.32. The molecule has 3 nitrogen and oxygen atoms in total. The molecular weight excluding hydrogens is 236 g/mol. The van der Waals surface area contributed by atoms with Crippen LogP contribution in [0.15, 0.2) is 48.5 Å². The van der Waals surface area contributed by atoms with Gasteiger partial charge in [-0.1, -0.05) is 36.4 Å². The topological polar surface area (TPSA) is 38.5 Å². The van der Waals surface area contributed by atoms with Crippen molar-refractivity contribution in [1.29, 1.82) is 0 Å². The molecule has 0 radical (unpaired) electrons. The van der Waals surface area contributed by atoms with Crippen molar-refractivity contribution in [2.24, 2.45) is 5.73 Å². The molecule has 2 aromatic carbocycles. The average Bonchev–Trinajstić information content (AvgIpc) is 2.48. The van der Waals surface area contributed by atoms with Gasteiger partial charge in [0.05, 0.1) is 12.2 Å². The maximum atomic E-state index is 5.67. The summed E-state index contributed by atoms with van der Waals surface area (Å²) >= 11 is 0. The van der Waals surface area contributed by atoms with Crippen LogP contribution in [0.25, 0.3) is 0 Å². The average molecular weight is 254 g/mol. The summed E-state index contributed by atoms with van der Waals surface area (Å²) in [6, 6.07) is 16.7. The first-order chi connectivity index (χ1) is 9.36. The van der Waals surface area contributed by atoms with Crippen molar-refractivity contribution in [1.82, 2.24) is 0 Å². The smallest absolute Gasteiger partial charge is 0.142 e. The van der Waals surface area contributed by atoms with E-state index in [4.69, 9.17) is 10.5 Å². The molecule has 0 fully saturated rings. The molecule has 0 atom stereocenters. The minimum absolute atomic E-state index is 0.598. The van der Waals surface area contributed by atoms with Crippen LogP contribution in [0.1, 0.15) is 11.1 Å². The van der Waals surface area contributed by atoms with Gasteiger partial charge in [0, 0.05) is 13.1 Å². The van der Waals surface area contributed by atoms with Gasteiger partial charge in [-0.25, -0.2) is 0 Å². The molecule has 0 saturated heterocycles. The van der Waals surface area contributed by atoms with Crippen LogP contribution >= 0.6 is 0 Å². The van der Waals surface area contributed by atoms with Crippen molar-refractivity contribution in [2.75, 3.05) is 18.1 Å². The summed E-state index contributed by atoms with van der Waals surface area (Å²) in [5.41, 5.74) is 9.27. The lowest BCUT2D eigenvalue weighted by molar-refractivity contribution is 0.307. The quantitative estimate of drug-likeness (QED) is 0.914. The fraction of sp³-hybridized carbons (Fsp3) is 0.250. The Morgan fingerprint density at radius 3 is 2.53 bits per heavy atom. The van der Waals surface area contributed by atoms with Gasteiger partial charge in [0.1, 0.15) is 12.4 Å². The van der Waals surface area contributed by atoms with Gasteiger partial charge in [-0.05, 0) is 23.3 Å². The molecule has 1 aliphatic rings.